The third-order valence-electron chi connectivity index (χ3n) is 2.12. The molecule has 2 aromatic rings. The minimum atomic E-state index is -0.147. The highest BCUT2D eigenvalue weighted by molar-refractivity contribution is 9.09. The van der Waals surface area contributed by atoms with Crippen LogP contribution < -0.4 is 0 Å². The van der Waals surface area contributed by atoms with Crippen molar-refractivity contribution in [2.45, 2.75) is 11.2 Å². The molecule has 0 bridgehead atoms. The van der Waals surface area contributed by atoms with Crippen molar-refractivity contribution in [3.8, 4) is 0 Å². The highest BCUT2D eigenvalue weighted by Gasteiger charge is 2.12. The zero-order valence-electron chi connectivity index (χ0n) is 7.86. The Labute approximate surface area is 100 Å². The molecule has 1 atom stereocenters. The molecule has 1 aromatic heterocycles. The normalized spacial score (nSPS) is 12.7. The monoisotopic (exact) mass is 285 g/mol. The Balaban J connectivity index is 2.13. The predicted molar refractivity (Wildman–Crippen MR) is 63.9 cm³/mol. The van der Waals surface area contributed by atoms with Crippen molar-refractivity contribution >= 4 is 27.3 Å². The van der Waals surface area contributed by atoms with E-state index in [0.29, 0.717) is 6.42 Å². The predicted octanol–water partition coefficient (Wildman–Crippen LogP) is 3.96. The third-order valence-corrected chi connectivity index (χ3v) is 4.13. The van der Waals surface area contributed by atoms with Gasteiger partial charge in [0.1, 0.15) is 5.82 Å². The third kappa shape index (κ3) is 2.63. The maximum absolute atomic E-state index is 13.4. The first-order valence-corrected chi connectivity index (χ1v) is 6.33. The van der Waals surface area contributed by atoms with Gasteiger partial charge in [-0.15, -0.1) is 11.3 Å². The molecule has 0 spiro atoms. The summed E-state index contributed by atoms with van der Waals surface area (Å²) in [6, 6.07) is 6.85. The van der Waals surface area contributed by atoms with Crippen molar-refractivity contribution in [3.05, 3.63) is 52.2 Å². The van der Waals surface area contributed by atoms with Crippen molar-refractivity contribution in [3.63, 3.8) is 0 Å². The molecule has 78 valence electrons. The number of aromatic nitrogens is 1. The van der Waals surface area contributed by atoms with E-state index >= 15 is 0 Å². The lowest BCUT2D eigenvalue weighted by Crippen LogP contribution is -1.95. The fraction of sp³-hybridized carbons (Fsp3) is 0.182. The van der Waals surface area contributed by atoms with Crippen LogP contribution in [0.2, 0.25) is 0 Å². The molecule has 1 heterocycles. The van der Waals surface area contributed by atoms with Crippen molar-refractivity contribution in [1.29, 1.82) is 0 Å². The largest absolute Gasteiger partial charge is 0.253 e. The molecular formula is C11H9BrFNS. The van der Waals surface area contributed by atoms with E-state index in [1.807, 2.05) is 18.3 Å². The van der Waals surface area contributed by atoms with Crippen LogP contribution in [0.25, 0.3) is 0 Å². The number of halogens is 2. The van der Waals surface area contributed by atoms with Gasteiger partial charge in [0.05, 0.1) is 10.3 Å². The number of benzene rings is 1. The van der Waals surface area contributed by atoms with Gasteiger partial charge in [-0.3, -0.25) is 4.98 Å². The van der Waals surface area contributed by atoms with Gasteiger partial charge in [-0.25, -0.2) is 4.39 Å². The summed E-state index contributed by atoms with van der Waals surface area (Å²) >= 11 is 5.12. The van der Waals surface area contributed by atoms with Gasteiger partial charge in [-0.1, -0.05) is 34.1 Å². The summed E-state index contributed by atoms with van der Waals surface area (Å²) in [6.45, 7) is 0. The van der Waals surface area contributed by atoms with Crippen LogP contribution in [0.15, 0.2) is 36.0 Å². The van der Waals surface area contributed by atoms with Crippen LogP contribution in [0, 0.1) is 5.82 Å². The van der Waals surface area contributed by atoms with Crippen LogP contribution in [0.1, 0.15) is 15.3 Å². The van der Waals surface area contributed by atoms with Crippen molar-refractivity contribution < 1.29 is 4.39 Å². The lowest BCUT2D eigenvalue weighted by Gasteiger charge is -2.07. The Hall–Kier alpha value is -0.740. The zero-order valence-corrected chi connectivity index (χ0v) is 10.3. The van der Waals surface area contributed by atoms with E-state index in [2.05, 4.69) is 20.9 Å². The summed E-state index contributed by atoms with van der Waals surface area (Å²) in [7, 11) is 0. The molecule has 1 unspecified atom stereocenters. The Morgan fingerprint density at radius 3 is 2.87 bits per heavy atom. The average Bonchev–Trinajstić information content (AvgIpc) is 2.74. The molecule has 0 aliphatic heterocycles. The van der Waals surface area contributed by atoms with E-state index in [9.17, 15) is 4.39 Å². The van der Waals surface area contributed by atoms with Gasteiger partial charge >= 0.3 is 0 Å². The second-order valence-electron chi connectivity index (χ2n) is 3.17. The quantitative estimate of drug-likeness (QED) is 0.778. The standard InChI is InChI=1S/C11H9BrFNS/c12-9(11-6-14-7-15-11)5-8-3-1-2-4-10(8)13/h1-4,6-7,9H,5H2. The van der Waals surface area contributed by atoms with Crippen molar-refractivity contribution in [2.75, 3.05) is 0 Å². The van der Waals surface area contributed by atoms with Crippen LogP contribution in [0.4, 0.5) is 4.39 Å². The highest BCUT2D eigenvalue weighted by Crippen LogP contribution is 2.30. The molecule has 0 N–H and O–H groups in total. The number of nitrogens with zero attached hydrogens (tertiary/aromatic N) is 1. The van der Waals surface area contributed by atoms with Gasteiger partial charge in [-0.05, 0) is 18.1 Å². The fourth-order valence-corrected chi connectivity index (χ4v) is 2.72. The van der Waals surface area contributed by atoms with Crippen LogP contribution in [0.5, 0.6) is 0 Å². The Morgan fingerprint density at radius 2 is 2.20 bits per heavy atom. The van der Waals surface area contributed by atoms with Gasteiger partial charge in [0.15, 0.2) is 0 Å². The molecule has 0 radical (unpaired) electrons. The Kier molecular flexibility index (Phi) is 3.49. The number of alkyl halides is 1. The molecule has 4 heteroatoms. The molecule has 2 rings (SSSR count). The Morgan fingerprint density at radius 1 is 1.40 bits per heavy atom. The lowest BCUT2D eigenvalue weighted by atomic mass is 10.1. The average molecular weight is 286 g/mol. The molecule has 1 nitrogen and oxygen atoms in total. The fourth-order valence-electron chi connectivity index (χ4n) is 1.34. The molecule has 0 saturated carbocycles. The number of rotatable bonds is 3. The Bertz CT molecular complexity index is 430. The van der Waals surface area contributed by atoms with Crippen LogP contribution in [-0.2, 0) is 6.42 Å². The first-order chi connectivity index (χ1) is 7.27. The second kappa shape index (κ2) is 4.86. The van der Waals surface area contributed by atoms with E-state index in [4.69, 9.17) is 0 Å². The number of hydrogen-bond donors (Lipinski definition) is 0. The van der Waals surface area contributed by atoms with Crippen LogP contribution >= 0.6 is 27.3 Å². The van der Waals surface area contributed by atoms with E-state index in [0.717, 1.165) is 10.4 Å². The summed E-state index contributed by atoms with van der Waals surface area (Å²) in [5.74, 6) is -0.147. The first-order valence-electron chi connectivity index (χ1n) is 4.53. The van der Waals surface area contributed by atoms with E-state index in [1.54, 1.807) is 22.9 Å². The molecule has 0 amide bonds. The van der Waals surface area contributed by atoms with Gasteiger partial charge in [-0.2, -0.15) is 0 Å². The molecule has 15 heavy (non-hydrogen) atoms. The second-order valence-corrected chi connectivity index (χ2v) is 5.19. The minimum Gasteiger partial charge on any atom is -0.253 e. The lowest BCUT2D eigenvalue weighted by molar-refractivity contribution is 0.608. The molecule has 0 fully saturated rings. The summed E-state index contributed by atoms with van der Waals surface area (Å²) in [5, 5.41) is 0. The van der Waals surface area contributed by atoms with Crippen LogP contribution in [0.3, 0.4) is 0 Å². The summed E-state index contributed by atoms with van der Waals surface area (Å²) in [5.41, 5.74) is 2.51. The maximum atomic E-state index is 13.4. The van der Waals surface area contributed by atoms with Gasteiger partial charge < -0.3 is 0 Å². The summed E-state index contributed by atoms with van der Waals surface area (Å²) in [4.78, 5) is 5.27. The SMILES string of the molecule is Fc1ccccc1CC(Br)c1cncs1. The van der Waals surface area contributed by atoms with E-state index in [-0.39, 0.29) is 10.6 Å². The van der Waals surface area contributed by atoms with Gasteiger partial charge in [0, 0.05) is 11.1 Å². The van der Waals surface area contributed by atoms with Gasteiger partial charge in [0.2, 0.25) is 0 Å². The summed E-state index contributed by atoms with van der Waals surface area (Å²) in [6.07, 6.45) is 2.46. The maximum Gasteiger partial charge on any atom is 0.126 e. The molecule has 0 aliphatic carbocycles. The molecule has 0 aliphatic rings. The number of hydrogen-bond acceptors (Lipinski definition) is 2. The van der Waals surface area contributed by atoms with Crippen LogP contribution in [-0.4, -0.2) is 4.98 Å². The highest BCUT2D eigenvalue weighted by atomic mass is 79.9. The zero-order chi connectivity index (χ0) is 10.7. The van der Waals surface area contributed by atoms with E-state index < -0.39 is 0 Å². The first kappa shape index (κ1) is 10.8. The minimum absolute atomic E-state index is 0.141. The van der Waals surface area contributed by atoms with Gasteiger partial charge in [0.25, 0.3) is 0 Å². The smallest absolute Gasteiger partial charge is 0.126 e. The van der Waals surface area contributed by atoms with E-state index in [1.165, 1.54) is 6.07 Å². The topological polar surface area (TPSA) is 12.9 Å². The van der Waals surface area contributed by atoms with Crippen molar-refractivity contribution in [2.24, 2.45) is 0 Å². The van der Waals surface area contributed by atoms with Crippen molar-refractivity contribution in [1.82, 2.24) is 4.98 Å². The molecule has 0 saturated heterocycles. The molecular weight excluding hydrogens is 277 g/mol. The number of thiazole rings is 1. The summed E-state index contributed by atoms with van der Waals surface area (Å²) < 4.78 is 13.4. The molecule has 1 aromatic carbocycles.